The zero-order valence-electron chi connectivity index (χ0n) is 20.3. The molecule has 1 aliphatic heterocycles. The van der Waals surface area contributed by atoms with Crippen LogP contribution in [0.1, 0.15) is 31.2 Å². The van der Waals surface area contributed by atoms with E-state index < -0.39 is 0 Å². The van der Waals surface area contributed by atoms with E-state index in [4.69, 9.17) is 18.9 Å². The Kier molecular flexibility index (Phi) is 5.84. The van der Waals surface area contributed by atoms with E-state index in [9.17, 15) is 4.91 Å². The standard InChI is InChI=1S/C28H32NO5/c1-31-22-9-10-28-15-20-13-23(24(28)14-22)21(17-29(30)27(16-28)34-4)12-19(20)7-5-18-6-8-25(32-2)26(11-18)33-3/h6,8-11,14,16-17,19-20H,5,7,12-13,15H2,1-4H3/q+1/b21-17?,27-16+. The minimum Gasteiger partial charge on any atom is -0.497 e. The van der Waals surface area contributed by atoms with Gasteiger partial charge in [0.15, 0.2) is 11.5 Å². The molecule has 5 rings (SSSR count). The molecular formula is C28H32NO5+. The highest BCUT2D eigenvalue weighted by molar-refractivity contribution is 5.55. The summed E-state index contributed by atoms with van der Waals surface area (Å²) in [6, 6.07) is 6.16. The summed E-state index contributed by atoms with van der Waals surface area (Å²) in [6.45, 7) is 0. The zero-order valence-corrected chi connectivity index (χ0v) is 20.3. The summed E-state index contributed by atoms with van der Waals surface area (Å²) < 4.78 is 22.8. The van der Waals surface area contributed by atoms with Crippen LogP contribution in [0.25, 0.3) is 0 Å². The molecule has 1 saturated carbocycles. The molecule has 1 heterocycles. The minimum absolute atomic E-state index is 0.345. The summed E-state index contributed by atoms with van der Waals surface area (Å²) in [5.41, 5.74) is 4.54. The quantitative estimate of drug-likeness (QED) is 0.493. The lowest BCUT2D eigenvalue weighted by atomic mass is 9.56. The molecule has 0 radical (unpaired) electrons. The number of hydrogen-bond donors (Lipinski definition) is 0. The van der Waals surface area contributed by atoms with Gasteiger partial charge < -0.3 is 18.9 Å². The first kappa shape index (κ1) is 22.5. The lowest BCUT2D eigenvalue weighted by Gasteiger charge is -2.47. The van der Waals surface area contributed by atoms with E-state index in [1.807, 2.05) is 18.2 Å². The van der Waals surface area contributed by atoms with Gasteiger partial charge in [-0.15, -0.1) is 0 Å². The third kappa shape index (κ3) is 3.75. The molecule has 178 valence electrons. The molecule has 0 aromatic heterocycles. The van der Waals surface area contributed by atoms with E-state index in [0.29, 0.717) is 17.7 Å². The zero-order chi connectivity index (χ0) is 23.9. The number of hydrogen-bond acceptors (Lipinski definition) is 5. The number of benzene rings is 1. The third-order valence-corrected chi connectivity index (χ3v) is 7.83. The molecule has 0 saturated heterocycles. The summed E-state index contributed by atoms with van der Waals surface area (Å²) in [5.74, 6) is 3.73. The molecule has 3 aliphatic carbocycles. The normalized spacial score (nSPS) is 28.7. The molecule has 0 amide bonds. The number of nitroso groups, excluding NO2 is 1. The van der Waals surface area contributed by atoms with E-state index in [2.05, 4.69) is 24.3 Å². The second-order valence-electron chi connectivity index (χ2n) is 9.54. The number of aryl methyl sites for hydroxylation is 1. The topological polar surface area (TPSA) is 57.0 Å². The molecule has 34 heavy (non-hydrogen) atoms. The van der Waals surface area contributed by atoms with Crippen LogP contribution >= 0.6 is 0 Å². The average Bonchev–Trinajstić information content (AvgIpc) is 2.86. The number of rotatable bonds is 7. The maximum absolute atomic E-state index is 13.0. The fraction of sp³-hybridized carbons (Fsp3) is 0.429. The van der Waals surface area contributed by atoms with Crippen molar-refractivity contribution in [3.05, 3.63) is 87.5 Å². The predicted octanol–water partition coefficient (Wildman–Crippen LogP) is 5.61. The molecule has 0 spiro atoms. The molecule has 3 bridgehead atoms. The summed E-state index contributed by atoms with van der Waals surface area (Å²) in [6.07, 6.45) is 14.9. The smallest absolute Gasteiger partial charge is 0.419 e. The van der Waals surface area contributed by atoms with Gasteiger partial charge in [-0.3, -0.25) is 0 Å². The Morgan fingerprint density at radius 1 is 1.03 bits per heavy atom. The van der Waals surface area contributed by atoms with Crippen LogP contribution in [-0.4, -0.2) is 33.2 Å². The van der Waals surface area contributed by atoms with E-state index in [1.165, 1.54) is 16.7 Å². The van der Waals surface area contributed by atoms with Crippen LogP contribution in [0.3, 0.4) is 0 Å². The van der Waals surface area contributed by atoms with Crippen molar-refractivity contribution in [3.8, 4) is 11.5 Å². The molecule has 1 aromatic rings. The lowest BCUT2D eigenvalue weighted by Crippen LogP contribution is -2.38. The van der Waals surface area contributed by atoms with Crippen LogP contribution < -0.4 is 9.47 Å². The minimum atomic E-state index is -0.351. The highest BCUT2D eigenvalue weighted by atomic mass is 16.5. The average molecular weight is 463 g/mol. The van der Waals surface area contributed by atoms with Gasteiger partial charge in [0.1, 0.15) is 10.5 Å². The van der Waals surface area contributed by atoms with Crippen molar-refractivity contribution >= 4 is 0 Å². The molecule has 6 nitrogen and oxygen atoms in total. The van der Waals surface area contributed by atoms with Crippen molar-refractivity contribution in [2.45, 2.75) is 32.1 Å². The Labute approximate surface area is 200 Å². The Hall–Kier alpha value is -3.28. The van der Waals surface area contributed by atoms with Crippen LogP contribution in [0.2, 0.25) is 0 Å². The molecule has 6 heteroatoms. The van der Waals surface area contributed by atoms with Crippen molar-refractivity contribution in [1.82, 2.24) is 0 Å². The number of ether oxygens (including phenoxy) is 4. The first-order valence-corrected chi connectivity index (χ1v) is 11.8. The first-order chi connectivity index (χ1) is 16.5. The number of fused-ring (bicyclic) bond motifs is 1. The van der Waals surface area contributed by atoms with Crippen LogP contribution in [0, 0.1) is 22.2 Å². The SMILES string of the molecule is COC1=CC2=C3CC4CC2(C=C1)/C=C(/OC)[N+](=O)C=C3CC4CCc1ccc(OC)c(OC)c1. The second-order valence-corrected chi connectivity index (χ2v) is 9.54. The van der Waals surface area contributed by atoms with Crippen molar-refractivity contribution in [1.29, 1.82) is 0 Å². The van der Waals surface area contributed by atoms with Crippen molar-refractivity contribution in [2.24, 2.45) is 17.3 Å². The van der Waals surface area contributed by atoms with Gasteiger partial charge in [0.25, 0.3) is 0 Å². The molecular weight excluding hydrogens is 430 g/mol. The molecule has 3 atom stereocenters. The van der Waals surface area contributed by atoms with Gasteiger partial charge in [0, 0.05) is 22.0 Å². The largest absolute Gasteiger partial charge is 0.497 e. The van der Waals surface area contributed by atoms with Gasteiger partial charge in [-0.1, -0.05) is 12.1 Å². The molecule has 1 fully saturated rings. The van der Waals surface area contributed by atoms with Crippen molar-refractivity contribution < 1.29 is 23.7 Å². The highest BCUT2D eigenvalue weighted by Gasteiger charge is 2.49. The summed E-state index contributed by atoms with van der Waals surface area (Å²) in [4.78, 5) is 13.0. The Bertz CT molecular complexity index is 1170. The molecule has 1 aromatic carbocycles. The fourth-order valence-electron chi connectivity index (χ4n) is 6.09. The third-order valence-electron chi connectivity index (χ3n) is 7.83. The van der Waals surface area contributed by atoms with Crippen molar-refractivity contribution in [2.75, 3.05) is 28.4 Å². The monoisotopic (exact) mass is 462 g/mol. The fourth-order valence-corrected chi connectivity index (χ4v) is 6.09. The maximum Gasteiger partial charge on any atom is 0.419 e. The number of methoxy groups -OCH3 is 4. The highest BCUT2D eigenvalue weighted by Crippen LogP contribution is 2.57. The predicted molar refractivity (Wildman–Crippen MR) is 129 cm³/mol. The maximum atomic E-state index is 13.0. The van der Waals surface area contributed by atoms with Gasteiger partial charge in [0.2, 0.25) is 6.20 Å². The Morgan fingerprint density at radius 3 is 2.59 bits per heavy atom. The van der Waals surface area contributed by atoms with E-state index >= 15 is 0 Å². The van der Waals surface area contributed by atoms with E-state index in [1.54, 1.807) is 34.6 Å². The van der Waals surface area contributed by atoms with Gasteiger partial charge in [0.05, 0.1) is 28.4 Å². The number of nitrogens with zero attached hydrogens (tertiary/aromatic N) is 1. The van der Waals surface area contributed by atoms with E-state index in [0.717, 1.165) is 59.7 Å². The second kappa shape index (κ2) is 8.82. The van der Waals surface area contributed by atoms with Gasteiger partial charge in [-0.05, 0) is 84.9 Å². The molecule has 0 N–H and O–H groups in total. The Morgan fingerprint density at radius 2 is 1.85 bits per heavy atom. The van der Waals surface area contributed by atoms with E-state index in [-0.39, 0.29) is 5.41 Å². The summed E-state index contributed by atoms with van der Waals surface area (Å²) in [5, 5.41) is 0. The Balaban J connectivity index is 1.48. The summed E-state index contributed by atoms with van der Waals surface area (Å²) in [7, 11) is 6.59. The van der Waals surface area contributed by atoms with Crippen LogP contribution in [-0.2, 0) is 15.9 Å². The molecule has 3 unspecified atom stereocenters. The molecule has 4 aliphatic rings. The van der Waals surface area contributed by atoms with Crippen LogP contribution in [0.5, 0.6) is 11.5 Å². The van der Waals surface area contributed by atoms with Gasteiger partial charge in [-0.2, -0.15) is 0 Å². The van der Waals surface area contributed by atoms with Crippen LogP contribution in [0.15, 0.2) is 77.1 Å². The summed E-state index contributed by atoms with van der Waals surface area (Å²) >= 11 is 0. The van der Waals surface area contributed by atoms with Gasteiger partial charge in [-0.25, -0.2) is 0 Å². The van der Waals surface area contributed by atoms with Crippen LogP contribution in [0.4, 0.5) is 0 Å². The first-order valence-electron chi connectivity index (χ1n) is 11.8. The lowest BCUT2D eigenvalue weighted by molar-refractivity contribution is -0.462. The van der Waals surface area contributed by atoms with Gasteiger partial charge >= 0.3 is 5.88 Å². The van der Waals surface area contributed by atoms with Crippen molar-refractivity contribution in [3.63, 3.8) is 0 Å². The number of allylic oxidation sites excluding steroid dienone is 7.